The van der Waals surface area contributed by atoms with Gasteiger partial charge in [-0.05, 0) is 42.3 Å². The maximum absolute atomic E-state index is 11.1. The molecule has 0 saturated heterocycles. The number of nitrogens with zero attached hydrogens (tertiary/aromatic N) is 1. The van der Waals surface area contributed by atoms with E-state index in [1.807, 2.05) is 18.2 Å². The largest absolute Gasteiger partial charge is 0.478 e. The Morgan fingerprint density at radius 2 is 2.00 bits per heavy atom. The molecule has 3 nitrogen and oxygen atoms in total. The smallest absolute Gasteiger partial charge is 0.336 e. The predicted octanol–water partition coefficient (Wildman–Crippen LogP) is 3.88. The van der Waals surface area contributed by atoms with Crippen molar-refractivity contribution in [3.05, 3.63) is 58.3 Å². The number of carboxylic acid groups (broad SMARTS) is 1. The maximum atomic E-state index is 11.1. The van der Waals surface area contributed by atoms with E-state index in [2.05, 4.69) is 20.9 Å². The zero-order chi connectivity index (χ0) is 13.7. The summed E-state index contributed by atoms with van der Waals surface area (Å²) in [5.74, 6) is -0.0558. The molecule has 0 spiro atoms. The summed E-state index contributed by atoms with van der Waals surface area (Å²) in [6, 6.07) is 9.16. The van der Waals surface area contributed by atoms with Crippen molar-refractivity contribution in [1.82, 2.24) is 4.98 Å². The monoisotopic (exact) mass is 337 g/mol. The Balaban J connectivity index is 2.03. The van der Waals surface area contributed by atoms with Crippen LogP contribution in [0.5, 0.6) is 0 Å². The Morgan fingerprint density at radius 3 is 2.68 bits per heavy atom. The van der Waals surface area contributed by atoms with Crippen LogP contribution in [-0.4, -0.2) is 21.8 Å². The van der Waals surface area contributed by atoms with Crippen molar-refractivity contribution < 1.29 is 9.90 Å². The second-order valence-electron chi connectivity index (χ2n) is 3.90. The van der Waals surface area contributed by atoms with Gasteiger partial charge in [0.15, 0.2) is 0 Å². The lowest BCUT2D eigenvalue weighted by Gasteiger charge is -2.06. The van der Waals surface area contributed by atoms with Crippen LogP contribution >= 0.6 is 27.7 Å². The Bertz CT molecular complexity index is 575. The summed E-state index contributed by atoms with van der Waals surface area (Å²) < 4.78 is 0.893. The van der Waals surface area contributed by atoms with Crippen molar-refractivity contribution in [3.8, 4) is 0 Å². The number of pyridine rings is 1. The summed E-state index contributed by atoms with van der Waals surface area (Å²) in [5, 5.41) is 9.14. The highest BCUT2D eigenvalue weighted by Crippen LogP contribution is 2.27. The van der Waals surface area contributed by atoms with Crippen LogP contribution in [0.2, 0.25) is 0 Å². The van der Waals surface area contributed by atoms with Gasteiger partial charge in [0.2, 0.25) is 0 Å². The van der Waals surface area contributed by atoms with Gasteiger partial charge in [-0.3, -0.25) is 4.98 Å². The first kappa shape index (κ1) is 14.1. The molecule has 0 saturated carbocycles. The molecule has 0 bridgehead atoms. The van der Waals surface area contributed by atoms with Gasteiger partial charge in [0.05, 0.1) is 5.56 Å². The molecule has 98 valence electrons. The number of benzene rings is 1. The fourth-order valence-electron chi connectivity index (χ4n) is 1.62. The van der Waals surface area contributed by atoms with Crippen LogP contribution in [0, 0.1) is 0 Å². The molecular weight excluding hydrogens is 326 g/mol. The van der Waals surface area contributed by atoms with Gasteiger partial charge in [0.1, 0.15) is 0 Å². The molecule has 0 amide bonds. The number of aromatic carboxylic acids is 1. The summed E-state index contributed by atoms with van der Waals surface area (Å²) in [7, 11) is 0. The molecule has 5 heteroatoms. The van der Waals surface area contributed by atoms with Gasteiger partial charge in [0, 0.05) is 27.5 Å². The van der Waals surface area contributed by atoms with E-state index in [0.717, 1.165) is 21.5 Å². The van der Waals surface area contributed by atoms with E-state index in [9.17, 15) is 4.79 Å². The predicted molar refractivity (Wildman–Crippen MR) is 79.8 cm³/mol. The summed E-state index contributed by atoms with van der Waals surface area (Å²) >= 11 is 4.92. The van der Waals surface area contributed by atoms with Crippen molar-refractivity contribution >= 4 is 33.7 Å². The standard InChI is InChI=1S/C14H12BrNO2S/c15-11-1-2-12(14(17)18)13(9-11)19-8-5-10-3-6-16-7-4-10/h1-4,6-7,9H,5,8H2,(H,17,18). The molecule has 2 rings (SSSR count). The maximum Gasteiger partial charge on any atom is 0.336 e. The number of rotatable bonds is 5. The van der Waals surface area contributed by atoms with Gasteiger partial charge in [-0.1, -0.05) is 15.9 Å². The lowest BCUT2D eigenvalue weighted by atomic mass is 10.2. The summed E-state index contributed by atoms with van der Waals surface area (Å²) in [6.45, 7) is 0. The highest BCUT2D eigenvalue weighted by Gasteiger charge is 2.10. The molecule has 19 heavy (non-hydrogen) atoms. The molecule has 1 heterocycles. The molecule has 2 aromatic rings. The molecule has 0 aliphatic heterocycles. The lowest BCUT2D eigenvalue weighted by molar-refractivity contribution is 0.0693. The minimum Gasteiger partial charge on any atom is -0.478 e. The van der Waals surface area contributed by atoms with E-state index in [1.54, 1.807) is 36.3 Å². The number of thioether (sulfide) groups is 1. The van der Waals surface area contributed by atoms with E-state index in [-0.39, 0.29) is 0 Å². The summed E-state index contributed by atoms with van der Waals surface area (Å²) in [5.41, 5.74) is 1.55. The molecule has 1 N–H and O–H groups in total. The fraction of sp³-hybridized carbons (Fsp3) is 0.143. The number of carboxylic acids is 1. The van der Waals surface area contributed by atoms with Crippen LogP contribution in [0.4, 0.5) is 0 Å². The van der Waals surface area contributed by atoms with Crippen molar-refractivity contribution in [2.75, 3.05) is 5.75 Å². The van der Waals surface area contributed by atoms with Gasteiger partial charge in [-0.2, -0.15) is 0 Å². The third-order valence-corrected chi connectivity index (χ3v) is 4.12. The van der Waals surface area contributed by atoms with Crippen molar-refractivity contribution in [1.29, 1.82) is 0 Å². The van der Waals surface area contributed by atoms with Gasteiger partial charge in [-0.15, -0.1) is 11.8 Å². The molecule has 1 aromatic heterocycles. The first-order chi connectivity index (χ1) is 9.16. The Labute approximate surface area is 124 Å². The third-order valence-electron chi connectivity index (χ3n) is 2.57. The number of aryl methyl sites for hydroxylation is 1. The van der Waals surface area contributed by atoms with E-state index >= 15 is 0 Å². The highest BCUT2D eigenvalue weighted by molar-refractivity contribution is 9.10. The van der Waals surface area contributed by atoms with E-state index in [1.165, 1.54) is 5.56 Å². The van der Waals surface area contributed by atoms with Gasteiger partial charge in [-0.25, -0.2) is 4.79 Å². The topological polar surface area (TPSA) is 50.2 Å². The molecule has 0 radical (unpaired) electrons. The zero-order valence-electron chi connectivity index (χ0n) is 10.0. The van der Waals surface area contributed by atoms with Gasteiger partial charge < -0.3 is 5.11 Å². The minimum absolute atomic E-state index is 0.350. The Morgan fingerprint density at radius 1 is 1.26 bits per heavy atom. The second-order valence-corrected chi connectivity index (χ2v) is 5.95. The normalized spacial score (nSPS) is 10.4. The molecule has 0 atom stereocenters. The summed E-state index contributed by atoms with van der Waals surface area (Å²) in [4.78, 5) is 15.9. The van der Waals surface area contributed by atoms with Crippen LogP contribution in [-0.2, 0) is 6.42 Å². The summed E-state index contributed by atoms with van der Waals surface area (Å²) in [6.07, 6.45) is 4.42. The van der Waals surface area contributed by atoms with Crippen molar-refractivity contribution in [2.45, 2.75) is 11.3 Å². The molecule has 0 fully saturated rings. The third kappa shape index (κ3) is 4.08. The van der Waals surface area contributed by atoms with E-state index in [4.69, 9.17) is 5.11 Å². The van der Waals surface area contributed by atoms with Gasteiger partial charge >= 0.3 is 5.97 Å². The SMILES string of the molecule is O=C(O)c1ccc(Br)cc1SCCc1ccncc1. The zero-order valence-corrected chi connectivity index (χ0v) is 12.4. The first-order valence-corrected chi connectivity index (χ1v) is 7.49. The minimum atomic E-state index is -0.890. The van der Waals surface area contributed by atoms with Crippen LogP contribution in [0.1, 0.15) is 15.9 Å². The van der Waals surface area contributed by atoms with E-state index in [0.29, 0.717) is 5.56 Å². The first-order valence-electron chi connectivity index (χ1n) is 5.71. The average Bonchev–Trinajstić information content (AvgIpc) is 2.39. The molecule has 1 aromatic carbocycles. The lowest BCUT2D eigenvalue weighted by Crippen LogP contribution is -1.99. The van der Waals surface area contributed by atoms with Crippen molar-refractivity contribution in [2.24, 2.45) is 0 Å². The number of carbonyl (C=O) groups is 1. The number of halogens is 1. The van der Waals surface area contributed by atoms with Crippen molar-refractivity contribution in [3.63, 3.8) is 0 Å². The molecular formula is C14H12BrNO2S. The molecule has 0 aliphatic carbocycles. The van der Waals surface area contributed by atoms with Crippen LogP contribution < -0.4 is 0 Å². The van der Waals surface area contributed by atoms with Crippen LogP contribution in [0.15, 0.2) is 52.1 Å². The number of hydrogen-bond acceptors (Lipinski definition) is 3. The second kappa shape index (κ2) is 6.73. The Hall–Kier alpha value is -1.33. The quantitative estimate of drug-likeness (QED) is 0.841. The van der Waals surface area contributed by atoms with Crippen LogP contribution in [0.3, 0.4) is 0 Å². The Kier molecular flexibility index (Phi) is 4.99. The van der Waals surface area contributed by atoms with E-state index < -0.39 is 5.97 Å². The number of aromatic nitrogens is 1. The van der Waals surface area contributed by atoms with Crippen LogP contribution in [0.25, 0.3) is 0 Å². The fourth-order valence-corrected chi connectivity index (χ4v) is 3.21. The highest BCUT2D eigenvalue weighted by atomic mass is 79.9. The molecule has 0 aliphatic rings. The molecule has 0 unspecified atom stereocenters. The number of hydrogen-bond donors (Lipinski definition) is 1. The van der Waals surface area contributed by atoms with Gasteiger partial charge in [0.25, 0.3) is 0 Å². The average molecular weight is 338 g/mol.